The van der Waals surface area contributed by atoms with Crippen LogP contribution in [-0.4, -0.2) is 25.5 Å². The Labute approximate surface area is 164 Å². The van der Waals surface area contributed by atoms with Gasteiger partial charge in [0, 0.05) is 36.0 Å². The molecule has 0 saturated heterocycles. The molecule has 0 unspecified atom stereocenters. The van der Waals surface area contributed by atoms with Gasteiger partial charge in [-0.1, -0.05) is 31.4 Å². The van der Waals surface area contributed by atoms with Gasteiger partial charge in [0.05, 0.1) is 12.4 Å². The van der Waals surface area contributed by atoms with Crippen LogP contribution in [0.25, 0.3) is 6.08 Å². The van der Waals surface area contributed by atoms with Crippen LogP contribution in [0.2, 0.25) is 0 Å². The van der Waals surface area contributed by atoms with E-state index >= 15 is 0 Å². The quantitative estimate of drug-likeness (QED) is 0.503. The van der Waals surface area contributed by atoms with Crippen molar-refractivity contribution < 1.29 is 19.1 Å². The summed E-state index contributed by atoms with van der Waals surface area (Å²) in [7, 11) is -2.15. The molecule has 1 fully saturated rings. The number of hydrogen-bond acceptors (Lipinski definition) is 3. The number of rotatable bonds is 6. The molecule has 0 aliphatic heterocycles. The van der Waals surface area contributed by atoms with E-state index in [-0.39, 0.29) is 12.1 Å². The van der Waals surface area contributed by atoms with E-state index in [2.05, 4.69) is 10.4 Å². The summed E-state index contributed by atoms with van der Waals surface area (Å²) in [5.74, 6) is 0.228. The van der Waals surface area contributed by atoms with Gasteiger partial charge in [0.15, 0.2) is 0 Å². The van der Waals surface area contributed by atoms with Crippen LogP contribution in [0.5, 0.6) is 0 Å². The Morgan fingerprint density at radius 1 is 1.25 bits per heavy atom. The highest BCUT2D eigenvalue weighted by molar-refractivity contribution is 7.50. The Morgan fingerprint density at radius 2 is 1.93 bits per heavy atom. The van der Waals surface area contributed by atoms with E-state index in [1.54, 1.807) is 36.5 Å². The molecule has 1 aromatic heterocycles. The fraction of sp³-hybridized carbons (Fsp3) is 0.400. The van der Waals surface area contributed by atoms with Gasteiger partial charge < -0.3 is 15.1 Å². The first-order valence-corrected chi connectivity index (χ1v) is 11.3. The predicted octanol–water partition coefficient (Wildman–Crippen LogP) is 3.80. The van der Waals surface area contributed by atoms with Crippen LogP contribution in [0.4, 0.5) is 5.69 Å². The molecule has 150 valence electrons. The number of anilines is 1. The number of carbonyl (C=O) groups excluding carboxylic acids is 1. The molecule has 3 N–H and O–H groups in total. The van der Waals surface area contributed by atoms with Crippen LogP contribution >= 0.6 is 7.60 Å². The molecule has 8 heteroatoms. The number of nitrogens with one attached hydrogen (secondary N) is 1. The first-order valence-electron chi connectivity index (χ1n) is 9.46. The zero-order chi connectivity index (χ0) is 20.1. The maximum atomic E-state index is 12.2. The van der Waals surface area contributed by atoms with E-state index < -0.39 is 7.60 Å². The Hall–Kier alpha value is -2.21. The highest BCUT2D eigenvalue weighted by Gasteiger charge is 2.21. The monoisotopic (exact) mass is 403 g/mol. The van der Waals surface area contributed by atoms with Crippen LogP contribution in [-0.2, 0) is 22.6 Å². The molecule has 0 radical (unpaired) electrons. The van der Waals surface area contributed by atoms with Crippen molar-refractivity contribution in [1.29, 1.82) is 0 Å². The van der Waals surface area contributed by atoms with E-state index in [1.165, 1.54) is 31.0 Å². The lowest BCUT2D eigenvalue weighted by atomic mass is 9.85. The third kappa shape index (κ3) is 5.64. The number of nitrogens with zero attached hydrogens (tertiary/aromatic N) is 2. The molecule has 1 heterocycles. The van der Waals surface area contributed by atoms with Crippen molar-refractivity contribution in [2.45, 2.75) is 44.2 Å². The Bertz CT molecular complexity index is 893. The second-order valence-corrected chi connectivity index (χ2v) is 8.93. The fourth-order valence-electron chi connectivity index (χ4n) is 3.75. The Morgan fingerprint density at radius 3 is 2.57 bits per heavy atom. The summed E-state index contributed by atoms with van der Waals surface area (Å²) in [5, 5.41) is 7.12. The lowest BCUT2D eigenvalue weighted by Crippen LogP contribution is -2.11. The van der Waals surface area contributed by atoms with Crippen LogP contribution < -0.4 is 5.32 Å². The summed E-state index contributed by atoms with van der Waals surface area (Å²) >= 11 is 0. The number of aromatic nitrogens is 2. The van der Waals surface area contributed by atoms with Gasteiger partial charge in [-0.25, -0.2) is 0 Å². The van der Waals surface area contributed by atoms with Crippen molar-refractivity contribution in [2.24, 2.45) is 7.05 Å². The van der Waals surface area contributed by atoms with Gasteiger partial charge in [0.25, 0.3) is 0 Å². The smallest absolute Gasteiger partial charge is 0.324 e. The van der Waals surface area contributed by atoms with E-state index in [0.717, 1.165) is 18.4 Å². The Balaban J connectivity index is 1.64. The number of aryl methyl sites for hydroxylation is 1. The number of benzene rings is 1. The van der Waals surface area contributed by atoms with Crippen LogP contribution in [0.15, 0.2) is 36.5 Å². The zero-order valence-electron chi connectivity index (χ0n) is 15.9. The van der Waals surface area contributed by atoms with Crippen molar-refractivity contribution in [3.05, 3.63) is 53.4 Å². The van der Waals surface area contributed by atoms with E-state index in [1.807, 2.05) is 11.7 Å². The van der Waals surface area contributed by atoms with E-state index in [0.29, 0.717) is 17.2 Å². The average Bonchev–Trinajstić information content (AvgIpc) is 3.02. The maximum absolute atomic E-state index is 12.2. The minimum absolute atomic E-state index is 0.263. The molecule has 0 spiro atoms. The molecule has 28 heavy (non-hydrogen) atoms. The van der Waals surface area contributed by atoms with Crippen molar-refractivity contribution in [2.75, 3.05) is 5.32 Å². The van der Waals surface area contributed by atoms with Gasteiger partial charge in [-0.2, -0.15) is 5.10 Å². The van der Waals surface area contributed by atoms with E-state index in [4.69, 9.17) is 9.79 Å². The summed E-state index contributed by atoms with van der Waals surface area (Å²) < 4.78 is 12.9. The number of hydrogen-bond donors (Lipinski definition) is 3. The minimum atomic E-state index is -4.10. The molecule has 1 aliphatic rings. The highest BCUT2D eigenvalue weighted by atomic mass is 31.2. The third-order valence-corrected chi connectivity index (χ3v) is 5.81. The van der Waals surface area contributed by atoms with Gasteiger partial charge in [-0.15, -0.1) is 0 Å². The highest BCUT2D eigenvalue weighted by Crippen LogP contribution is 2.39. The first-order chi connectivity index (χ1) is 13.3. The molecule has 2 aromatic rings. The summed E-state index contributed by atoms with van der Waals surface area (Å²) in [6.07, 6.45) is 10.9. The largest absolute Gasteiger partial charge is 0.329 e. The van der Waals surface area contributed by atoms with Gasteiger partial charge >= 0.3 is 7.60 Å². The normalized spacial score (nSPS) is 15.8. The van der Waals surface area contributed by atoms with Gasteiger partial charge in [-0.3, -0.25) is 14.0 Å². The molecule has 1 saturated carbocycles. The van der Waals surface area contributed by atoms with Crippen LogP contribution in [0.3, 0.4) is 0 Å². The average molecular weight is 403 g/mol. The van der Waals surface area contributed by atoms with Crippen LogP contribution in [0.1, 0.15) is 54.8 Å². The number of amides is 1. The van der Waals surface area contributed by atoms with Crippen molar-refractivity contribution in [3.8, 4) is 0 Å². The lowest BCUT2D eigenvalue weighted by Gasteiger charge is -2.22. The van der Waals surface area contributed by atoms with Crippen molar-refractivity contribution in [3.63, 3.8) is 0 Å². The molecule has 7 nitrogen and oxygen atoms in total. The van der Waals surface area contributed by atoms with Crippen LogP contribution in [0, 0.1) is 0 Å². The minimum Gasteiger partial charge on any atom is -0.324 e. The SMILES string of the molecule is Cn1ncc(/C=C/C(=O)Nc2ccc(CP(=O)(O)O)cc2)c1C1CCCCC1. The lowest BCUT2D eigenvalue weighted by molar-refractivity contribution is -0.111. The fourth-order valence-corrected chi connectivity index (χ4v) is 4.44. The third-order valence-electron chi connectivity index (χ3n) is 5.03. The molecule has 1 aliphatic carbocycles. The van der Waals surface area contributed by atoms with Crippen molar-refractivity contribution >= 4 is 25.3 Å². The molecule has 1 amide bonds. The predicted molar refractivity (Wildman–Crippen MR) is 109 cm³/mol. The Kier molecular flexibility index (Phi) is 6.50. The molecule has 1 aromatic carbocycles. The molecule has 0 bridgehead atoms. The molecular formula is C20H26N3O4P. The summed E-state index contributed by atoms with van der Waals surface area (Å²) in [4.78, 5) is 30.3. The number of carbonyl (C=O) groups is 1. The first kappa shape index (κ1) is 20.5. The maximum Gasteiger partial charge on any atom is 0.329 e. The molecule has 0 atom stereocenters. The molecular weight excluding hydrogens is 377 g/mol. The standard InChI is InChI=1S/C20H26N3O4P/c1-23-20(16-5-3-2-4-6-16)17(13-21-23)9-12-19(24)22-18-10-7-15(8-11-18)14-28(25,26)27/h7-13,16H,2-6,14H2,1H3,(H,22,24)(H2,25,26,27)/b12-9+. The summed E-state index contributed by atoms with van der Waals surface area (Å²) in [5.41, 5.74) is 3.25. The van der Waals surface area contributed by atoms with Gasteiger partial charge in [-0.05, 0) is 36.6 Å². The van der Waals surface area contributed by atoms with E-state index in [9.17, 15) is 9.36 Å². The summed E-state index contributed by atoms with van der Waals surface area (Å²) in [6, 6.07) is 6.46. The van der Waals surface area contributed by atoms with Crippen molar-refractivity contribution in [1.82, 2.24) is 9.78 Å². The second kappa shape index (κ2) is 8.86. The second-order valence-electron chi connectivity index (χ2n) is 7.29. The van der Waals surface area contributed by atoms with Gasteiger partial charge in [0.2, 0.25) is 5.91 Å². The molecule has 3 rings (SSSR count). The summed E-state index contributed by atoms with van der Waals surface area (Å²) in [6.45, 7) is 0. The van der Waals surface area contributed by atoms with Gasteiger partial charge in [0.1, 0.15) is 0 Å². The zero-order valence-corrected chi connectivity index (χ0v) is 16.8. The topological polar surface area (TPSA) is 104 Å².